The highest BCUT2D eigenvalue weighted by Crippen LogP contribution is 2.25. The molecule has 1 aliphatic rings. The van der Waals surface area contributed by atoms with Crippen LogP contribution < -0.4 is 5.32 Å². The average Bonchev–Trinajstić information content (AvgIpc) is 3.01. The Morgan fingerprint density at radius 1 is 1.06 bits per heavy atom. The highest BCUT2D eigenvalue weighted by atomic mass is 35.5. The molecule has 1 aromatic heterocycles. The van der Waals surface area contributed by atoms with Gasteiger partial charge < -0.3 is 5.32 Å². The van der Waals surface area contributed by atoms with E-state index in [0.717, 1.165) is 16.5 Å². The Hall–Kier alpha value is -3.76. The van der Waals surface area contributed by atoms with Crippen molar-refractivity contribution in [1.82, 2.24) is 9.88 Å². The zero-order valence-electron chi connectivity index (χ0n) is 16.2. The summed E-state index contributed by atoms with van der Waals surface area (Å²) in [6, 6.07) is 18.2. The first-order valence-electron chi connectivity index (χ1n) is 9.49. The van der Waals surface area contributed by atoms with E-state index >= 15 is 0 Å². The lowest BCUT2D eigenvalue weighted by atomic mass is 10.1. The smallest absolute Gasteiger partial charge is 0.261 e. The van der Waals surface area contributed by atoms with Crippen molar-refractivity contribution in [3.05, 3.63) is 93.9 Å². The summed E-state index contributed by atoms with van der Waals surface area (Å²) in [5, 5.41) is 11.8. The van der Waals surface area contributed by atoms with Gasteiger partial charge in [0, 0.05) is 12.6 Å². The molecule has 2 amide bonds. The fourth-order valence-corrected chi connectivity index (χ4v) is 3.71. The number of pyridine rings is 1. The molecule has 1 aliphatic heterocycles. The summed E-state index contributed by atoms with van der Waals surface area (Å²) in [4.78, 5) is 30.7. The van der Waals surface area contributed by atoms with E-state index in [2.05, 4.69) is 10.3 Å². The van der Waals surface area contributed by atoms with Crippen molar-refractivity contribution < 1.29 is 14.0 Å². The SMILES string of the molecule is N#Cc1cc(F)c(N[C@H](Cc2ccccc2)CN2C(=O)c3ccccc3C2=O)nc1Cl. The number of nitriles is 1. The van der Waals surface area contributed by atoms with Crippen molar-refractivity contribution >= 4 is 29.2 Å². The summed E-state index contributed by atoms with van der Waals surface area (Å²) < 4.78 is 14.5. The molecule has 154 valence electrons. The molecule has 0 spiro atoms. The summed E-state index contributed by atoms with van der Waals surface area (Å²) in [6.07, 6.45) is 0.396. The van der Waals surface area contributed by atoms with Crippen LogP contribution in [-0.4, -0.2) is 34.3 Å². The van der Waals surface area contributed by atoms with Gasteiger partial charge in [-0.1, -0.05) is 54.1 Å². The first-order valence-corrected chi connectivity index (χ1v) is 9.87. The summed E-state index contributed by atoms with van der Waals surface area (Å²) in [5.41, 5.74) is 1.54. The third-order valence-electron chi connectivity index (χ3n) is 5.00. The molecule has 1 N–H and O–H groups in total. The molecule has 0 fully saturated rings. The van der Waals surface area contributed by atoms with E-state index in [-0.39, 0.29) is 23.1 Å². The molecule has 2 aromatic carbocycles. The molecule has 0 radical (unpaired) electrons. The van der Waals surface area contributed by atoms with Gasteiger partial charge in [-0.25, -0.2) is 9.37 Å². The Morgan fingerprint density at radius 2 is 1.68 bits per heavy atom. The van der Waals surface area contributed by atoms with E-state index in [1.807, 2.05) is 30.3 Å². The molecule has 4 rings (SSSR count). The van der Waals surface area contributed by atoms with Crippen LogP contribution >= 0.6 is 11.6 Å². The first kappa shape index (κ1) is 20.5. The van der Waals surface area contributed by atoms with Crippen LogP contribution in [0.25, 0.3) is 0 Å². The lowest BCUT2D eigenvalue weighted by Crippen LogP contribution is -2.41. The van der Waals surface area contributed by atoms with E-state index in [4.69, 9.17) is 16.9 Å². The van der Waals surface area contributed by atoms with Crippen LogP contribution in [0, 0.1) is 17.1 Å². The van der Waals surface area contributed by atoms with Crippen molar-refractivity contribution in [1.29, 1.82) is 5.26 Å². The minimum absolute atomic E-state index is 0.0000184. The van der Waals surface area contributed by atoms with Gasteiger partial charge in [-0.15, -0.1) is 0 Å². The number of aromatic nitrogens is 1. The Bertz CT molecular complexity index is 1170. The summed E-state index contributed by atoms with van der Waals surface area (Å²) >= 11 is 5.96. The van der Waals surface area contributed by atoms with E-state index in [1.54, 1.807) is 30.3 Å². The lowest BCUT2D eigenvalue weighted by molar-refractivity contribution is 0.0647. The monoisotopic (exact) mass is 434 g/mol. The molecule has 0 unspecified atom stereocenters. The second-order valence-corrected chi connectivity index (χ2v) is 7.42. The second kappa shape index (κ2) is 8.54. The van der Waals surface area contributed by atoms with Gasteiger partial charge in [0.15, 0.2) is 11.6 Å². The van der Waals surface area contributed by atoms with Crippen LogP contribution in [0.15, 0.2) is 60.7 Å². The highest BCUT2D eigenvalue weighted by Gasteiger charge is 2.36. The fourth-order valence-electron chi connectivity index (χ4n) is 3.52. The minimum atomic E-state index is -0.749. The number of benzene rings is 2. The van der Waals surface area contributed by atoms with E-state index in [1.165, 1.54) is 0 Å². The molecule has 31 heavy (non-hydrogen) atoms. The lowest BCUT2D eigenvalue weighted by Gasteiger charge is -2.24. The van der Waals surface area contributed by atoms with Gasteiger partial charge in [-0.05, 0) is 30.2 Å². The van der Waals surface area contributed by atoms with Gasteiger partial charge in [0.25, 0.3) is 11.8 Å². The number of carbonyl (C=O) groups excluding carboxylic acids is 2. The number of amides is 2. The van der Waals surface area contributed by atoms with Gasteiger partial charge >= 0.3 is 0 Å². The molecule has 3 aromatic rings. The predicted octanol–water partition coefficient (Wildman–Crippen LogP) is 4.07. The number of halogens is 2. The number of hydrogen-bond acceptors (Lipinski definition) is 5. The van der Waals surface area contributed by atoms with Crippen LogP contribution in [0.2, 0.25) is 5.15 Å². The van der Waals surface area contributed by atoms with Crippen LogP contribution in [0.4, 0.5) is 10.2 Å². The van der Waals surface area contributed by atoms with Crippen molar-refractivity contribution in [2.75, 3.05) is 11.9 Å². The van der Waals surface area contributed by atoms with E-state index < -0.39 is 23.7 Å². The Balaban J connectivity index is 1.63. The zero-order chi connectivity index (χ0) is 22.0. The fraction of sp³-hybridized carbons (Fsp3) is 0.130. The molecule has 2 heterocycles. The first-order chi connectivity index (χ1) is 15.0. The standard InChI is InChI=1S/C23H16ClFN4O2/c24-20-15(12-26)11-19(25)21(28-20)27-16(10-14-6-2-1-3-7-14)13-29-22(30)17-8-4-5-9-18(17)23(29)31/h1-9,11,16H,10,13H2,(H,27,28)/t16-/m1/s1. The Labute approximate surface area is 182 Å². The van der Waals surface area contributed by atoms with E-state index in [0.29, 0.717) is 17.5 Å². The van der Waals surface area contributed by atoms with Crippen molar-refractivity contribution in [2.45, 2.75) is 12.5 Å². The van der Waals surface area contributed by atoms with Gasteiger partial charge in [0.1, 0.15) is 11.2 Å². The topological polar surface area (TPSA) is 86.1 Å². The van der Waals surface area contributed by atoms with Gasteiger partial charge in [-0.3, -0.25) is 14.5 Å². The predicted molar refractivity (Wildman–Crippen MR) is 113 cm³/mol. The molecule has 0 aliphatic carbocycles. The number of rotatable bonds is 6. The number of nitrogens with zero attached hydrogens (tertiary/aromatic N) is 3. The molecular weight excluding hydrogens is 419 g/mol. The number of fused-ring (bicyclic) bond motifs is 1. The van der Waals surface area contributed by atoms with Crippen LogP contribution in [0.3, 0.4) is 0 Å². The van der Waals surface area contributed by atoms with Crippen molar-refractivity contribution in [3.63, 3.8) is 0 Å². The number of imide groups is 1. The van der Waals surface area contributed by atoms with Crippen molar-refractivity contribution in [3.8, 4) is 6.07 Å². The molecule has 0 bridgehead atoms. The van der Waals surface area contributed by atoms with Gasteiger partial charge in [0.05, 0.1) is 16.7 Å². The normalized spacial score (nSPS) is 13.6. The Kier molecular flexibility index (Phi) is 5.65. The van der Waals surface area contributed by atoms with Crippen LogP contribution in [-0.2, 0) is 6.42 Å². The van der Waals surface area contributed by atoms with Crippen molar-refractivity contribution in [2.24, 2.45) is 0 Å². The summed E-state index contributed by atoms with van der Waals surface area (Å²) in [6.45, 7) is -0.0000184. The quantitative estimate of drug-likeness (QED) is 0.467. The summed E-state index contributed by atoms with van der Waals surface area (Å²) in [7, 11) is 0. The molecule has 6 nitrogen and oxygen atoms in total. The molecule has 1 atom stereocenters. The van der Waals surface area contributed by atoms with Gasteiger partial charge in [0.2, 0.25) is 0 Å². The second-order valence-electron chi connectivity index (χ2n) is 7.07. The zero-order valence-corrected chi connectivity index (χ0v) is 16.9. The number of hydrogen-bond donors (Lipinski definition) is 1. The maximum atomic E-state index is 14.5. The highest BCUT2D eigenvalue weighted by molar-refractivity contribution is 6.30. The third-order valence-corrected chi connectivity index (χ3v) is 5.28. The number of carbonyl (C=O) groups is 2. The molecule has 8 heteroatoms. The van der Waals surface area contributed by atoms with Crippen LogP contribution in [0.1, 0.15) is 31.8 Å². The number of anilines is 1. The molecular formula is C23H16ClFN4O2. The minimum Gasteiger partial charge on any atom is -0.363 e. The molecule has 0 saturated carbocycles. The maximum Gasteiger partial charge on any atom is 0.261 e. The average molecular weight is 435 g/mol. The van der Waals surface area contributed by atoms with Gasteiger partial charge in [-0.2, -0.15) is 5.26 Å². The molecule has 0 saturated heterocycles. The number of nitrogens with one attached hydrogen (secondary N) is 1. The van der Waals surface area contributed by atoms with Crippen LogP contribution in [0.5, 0.6) is 0 Å². The summed E-state index contributed by atoms with van der Waals surface area (Å²) in [5.74, 6) is -1.69. The largest absolute Gasteiger partial charge is 0.363 e. The third kappa shape index (κ3) is 4.11. The Morgan fingerprint density at radius 3 is 2.29 bits per heavy atom. The maximum absolute atomic E-state index is 14.5. The van der Waals surface area contributed by atoms with E-state index in [9.17, 15) is 14.0 Å².